The van der Waals surface area contributed by atoms with Crippen LogP contribution in [-0.2, 0) is 0 Å². The minimum Gasteiger partial charge on any atom is -0.454 e. The van der Waals surface area contributed by atoms with Crippen LogP contribution in [0.2, 0.25) is 0 Å². The number of carbonyl (C=O) groups excluding carboxylic acids is 1. The summed E-state index contributed by atoms with van der Waals surface area (Å²) in [6, 6.07) is 9.54. The molecule has 8 heteroatoms. The van der Waals surface area contributed by atoms with Crippen molar-refractivity contribution >= 4 is 17.3 Å². The quantitative estimate of drug-likeness (QED) is 0.650. The number of nitrogens with one attached hydrogen (secondary N) is 2. The van der Waals surface area contributed by atoms with Crippen LogP contribution in [0.5, 0.6) is 11.5 Å². The molecule has 1 atom stereocenters. The van der Waals surface area contributed by atoms with E-state index in [-0.39, 0.29) is 24.0 Å². The monoisotopic (exact) mass is 313 g/mol. The molecule has 0 aliphatic carbocycles. The highest BCUT2D eigenvalue weighted by atomic mass is 16.7. The molecule has 2 aliphatic heterocycles. The van der Waals surface area contributed by atoms with Gasteiger partial charge in [0.15, 0.2) is 11.5 Å². The Kier molecular flexibility index (Phi) is 2.83. The zero-order valence-electron chi connectivity index (χ0n) is 11.7. The van der Waals surface area contributed by atoms with E-state index in [0.29, 0.717) is 17.2 Å². The second-order valence-corrected chi connectivity index (χ2v) is 5.15. The largest absolute Gasteiger partial charge is 0.454 e. The molecule has 23 heavy (non-hydrogen) atoms. The van der Waals surface area contributed by atoms with Gasteiger partial charge in [-0.1, -0.05) is 6.07 Å². The molecule has 0 bridgehead atoms. The number of hydrogen-bond donors (Lipinski definition) is 2. The van der Waals surface area contributed by atoms with Crippen LogP contribution < -0.4 is 20.1 Å². The smallest absolute Gasteiger partial charge is 0.270 e. The van der Waals surface area contributed by atoms with Crippen LogP contribution in [0.1, 0.15) is 22.1 Å². The maximum Gasteiger partial charge on any atom is 0.270 e. The molecule has 2 aromatic carbocycles. The second kappa shape index (κ2) is 4.87. The van der Waals surface area contributed by atoms with Crippen LogP contribution in [0.15, 0.2) is 36.4 Å². The Balaban J connectivity index is 1.67. The van der Waals surface area contributed by atoms with E-state index in [1.54, 1.807) is 12.1 Å². The molecule has 0 saturated carbocycles. The molecule has 116 valence electrons. The third-order valence-electron chi connectivity index (χ3n) is 3.76. The van der Waals surface area contributed by atoms with Gasteiger partial charge in [-0.25, -0.2) is 0 Å². The molecule has 0 aromatic heterocycles. The van der Waals surface area contributed by atoms with Crippen LogP contribution in [0, 0.1) is 10.1 Å². The predicted molar refractivity (Wildman–Crippen MR) is 79.5 cm³/mol. The lowest BCUT2D eigenvalue weighted by Gasteiger charge is -2.28. The molecule has 2 heterocycles. The zero-order valence-corrected chi connectivity index (χ0v) is 11.7. The number of non-ortho nitro benzene ring substituents is 1. The van der Waals surface area contributed by atoms with Gasteiger partial charge in [0.05, 0.1) is 10.5 Å². The summed E-state index contributed by atoms with van der Waals surface area (Å²) in [7, 11) is 0. The molecule has 0 spiro atoms. The van der Waals surface area contributed by atoms with E-state index in [4.69, 9.17) is 9.47 Å². The van der Waals surface area contributed by atoms with Gasteiger partial charge in [-0.2, -0.15) is 0 Å². The van der Waals surface area contributed by atoms with E-state index >= 15 is 0 Å². The number of nitro benzene ring substituents is 1. The van der Waals surface area contributed by atoms with E-state index in [9.17, 15) is 14.9 Å². The fourth-order valence-electron chi connectivity index (χ4n) is 2.62. The van der Waals surface area contributed by atoms with Crippen molar-refractivity contribution in [2.24, 2.45) is 0 Å². The Morgan fingerprint density at radius 2 is 1.91 bits per heavy atom. The van der Waals surface area contributed by atoms with E-state index < -0.39 is 11.1 Å². The number of amides is 1. The van der Waals surface area contributed by atoms with Crippen molar-refractivity contribution in [3.8, 4) is 11.5 Å². The molecule has 4 rings (SSSR count). The third-order valence-corrected chi connectivity index (χ3v) is 3.76. The number of nitrogens with zero attached hydrogens (tertiary/aromatic N) is 1. The van der Waals surface area contributed by atoms with Crippen molar-refractivity contribution in [2.45, 2.75) is 6.17 Å². The van der Waals surface area contributed by atoms with Gasteiger partial charge in [0.2, 0.25) is 6.79 Å². The molecule has 0 fully saturated rings. The normalized spacial score (nSPS) is 17.9. The molecular formula is C15H11N3O5. The number of carbonyl (C=O) groups is 1. The summed E-state index contributed by atoms with van der Waals surface area (Å²) < 4.78 is 10.6. The van der Waals surface area contributed by atoms with Gasteiger partial charge in [0, 0.05) is 17.8 Å². The molecule has 1 amide bonds. The highest BCUT2D eigenvalue weighted by Gasteiger charge is 2.27. The molecule has 0 saturated heterocycles. The third kappa shape index (κ3) is 2.20. The van der Waals surface area contributed by atoms with Gasteiger partial charge in [-0.15, -0.1) is 0 Å². The topological polar surface area (TPSA) is 103 Å². The minimum absolute atomic E-state index is 0.123. The Hall–Kier alpha value is -3.29. The first-order valence-corrected chi connectivity index (χ1v) is 6.87. The van der Waals surface area contributed by atoms with E-state index in [1.165, 1.54) is 18.2 Å². The van der Waals surface area contributed by atoms with E-state index in [0.717, 1.165) is 5.56 Å². The van der Waals surface area contributed by atoms with Crippen molar-refractivity contribution in [3.63, 3.8) is 0 Å². The average molecular weight is 313 g/mol. The maximum atomic E-state index is 12.2. The number of fused-ring (bicyclic) bond motifs is 2. The number of benzene rings is 2. The Morgan fingerprint density at radius 1 is 1.09 bits per heavy atom. The fraction of sp³-hybridized carbons (Fsp3) is 0.133. The first-order valence-electron chi connectivity index (χ1n) is 6.87. The molecule has 2 aromatic rings. The summed E-state index contributed by atoms with van der Waals surface area (Å²) >= 11 is 0. The van der Waals surface area contributed by atoms with Gasteiger partial charge in [0.1, 0.15) is 6.17 Å². The highest BCUT2D eigenvalue weighted by Crippen LogP contribution is 2.36. The average Bonchev–Trinajstić information content (AvgIpc) is 3.01. The van der Waals surface area contributed by atoms with Crippen LogP contribution in [0.3, 0.4) is 0 Å². The SMILES string of the molecule is O=C1N[C@@H](c2ccc3c(c2)OCO3)Nc2ccc([N+](=O)[O-])cc21. The molecule has 0 unspecified atom stereocenters. The Labute approximate surface area is 130 Å². The predicted octanol–water partition coefficient (Wildman–Crippen LogP) is 2.18. The summed E-state index contributed by atoms with van der Waals surface area (Å²) in [4.78, 5) is 22.5. The first-order chi connectivity index (χ1) is 11.1. The van der Waals surface area contributed by atoms with E-state index in [2.05, 4.69) is 10.6 Å². The van der Waals surface area contributed by atoms with Crippen molar-refractivity contribution in [3.05, 3.63) is 57.6 Å². The number of ether oxygens (including phenoxy) is 2. The van der Waals surface area contributed by atoms with Gasteiger partial charge < -0.3 is 20.1 Å². The van der Waals surface area contributed by atoms with Crippen LogP contribution in [0.4, 0.5) is 11.4 Å². The van der Waals surface area contributed by atoms with Crippen LogP contribution >= 0.6 is 0 Å². The van der Waals surface area contributed by atoms with Crippen molar-refractivity contribution < 1.29 is 19.2 Å². The number of anilines is 1. The highest BCUT2D eigenvalue weighted by molar-refractivity contribution is 6.02. The van der Waals surface area contributed by atoms with Crippen LogP contribution in [0.25, 0.3) is 0 Å². The summed E-state index contributed by atoms with van der Waals surface area (Å²) in [5, 5.41) is 16.7. The van der Waals surface area contributed by atoms with Crippen molar-refractivity contribution in [2.75, 3.05) is 12.1 Å². The first kappa shape index (κ1) is 13.4. The lowest BCUT2D eigenvalue weighted by Crippen LogP contribution is -2.38. The summed E-state index contributed by atoms with van der Waals surface area (Å²) in [5.41, 5.74) is 1.46. The fourth-order valence-corrected chi connectivity index (χ4v) is 2.62. The van der Waals surface area contributed by atoms with E-state index in [1.807, 2.05) is 6.07 Å². The Morgan fingerprint density at radius 3 is 2.74 bits per heavy atom. The molecular weight excluding hydrogens is 302 g/mol. The maximum absolute atomic E-state index is 12.2. The lowest BCUT2D eigenvalue weighted by atomic mass is 10.0. The van der Waals surface area contributed by atoms with Gasteiger partial charge >= 0.3 is 0 Å². The number of hydrogen-bond acceptors (Lipinski definition) is 6. The Bertz CT molecular complexity index is 836. The van der Waals surface area contributed by atoms with Gasteiger partial charge in [0.25, 0.3) is 11.6 Å². The molecule has 8 nitrogen and oxygen atoms in total. The summed E-state index contributed by atoms with van der Waals surface area (Å²) in [6.45, 7) is 0.176. The van der Waals surface area contributed by atoms with Crippen molar-refractivity contribution in [1.29, 1.82) is 0 Å². The van der Waals surface area contributed by atoms with Crippen LogP contribution in [-0.4, -0.2) is 17.6 Å². The minimum atomic E-state index is -0.530. The standard InChI is InChI=1S/C15H11N3O5/c19-15-10-6-9(18(20)21)2-3-11(10)16-14(17-15)8-1-4-12-13(5-8)23-7-22-12/h1-6,14,16H,7H2,(H,17,19)/t14-/m0/s1. The van der Waals surface area contributed by atoms with Crippen molar-refractivity contribution in [1.82, 2.24) is 5.32 Å². The summed E-state index contributed by atoms with van der Waals surface area (Å²) in [5.74, 6) is 0.907. The van der Waals surface area contributed by atoms with Gasteiger partial charge in [-0.05, 0) is 23.8 Å². The summed E-state index contributed by atoms with van der Waals surface area (Å²) in [6.07, 6.45) is -0.453. The molecule has 2 N–H and O–H groups in total. The van der Waals surface area contributed by atoms with Gasteiger partial charge in [-0.3, -0.25) is 14.9 Å². The molecule has 0 radical (unpaired) electrons. The number of rotatable bonds is 2. The second-order valence-electron chi connectivity index (χ2n) is 5.15. The molecule has 2 aliphatic rings. The zero-order chi connectivity index (χ0) is 16.0. The number of nitro groups is 1. The lowest BCUT2D eigenvalue weighted by molar-refractivity contribution is -0.384.